The number of nitrogens with one attached hydrogen (secondary N) is 1. The van der Waals surface area contributed by atoms with Crippen LogP contribution in [0.2, 0.25) is 0 Å². The van der Waals surface area contributed by atoms with Crippen LogP contribution >= 0.6 is 11.3 Å². The third-order valence-electron chi connectivity index (χ3n) is 4.80. The Balaban J connectivity index is 1.78. The van der Waals surface area contributed by atoms with Crippen molar-refractivity contribution in [2.24, 2.45) is 0 Å². The minimum atomic E-state index is -0.237. The van der Waals surface area contributed by atoms with Crippen molar-refractivity contribution in [3.63, 3.8) is 0 Å². The number of aromatic amines is 1. The molecule has 0 bridgehead atoms. The fourth-order valence-electron chi connectivity index (χ4n) is 3.24. The summed E-state index contributed by atoms with van der Waals surface area (Å²) in [5, 5.41) is 2.68. The van der Waals surface area contributed by atoms with Crippen molar-refractivity contribution in [2.75, 3.05) is 19.1 Å². The summed E-state index contributed by atoms with van der Waals surface area (Å²) in [6, 6.07) is 18.1. The molecule has 0 radical (unpaired) electrons. The molecule has 1 amide bonds. The van der Waals surface area contributed by atoms with Gasteiger partial charge in [-0.15, -0.1) is 11.3 Å². The number of benzene rings is 2. The zero-order valence-corrected chi connectivity index (χ0v) is 17.4. The number of anilines is 1. The highest BCUT2D eigenvalue weighted by Crippen LogP contribution is 2.26. The van der Waals surface area contributed by atoms with E-state index in [2.05, 4.69) is 4.98 Å². The highest BCUT2D eigenvalue weighted by Gasteiger charge is 2.21. The molecular weight excluding hydrogens is 400 g/mol. The molecular formula is C23H20N2O4S. The van der Waals surface area contributed by atoms with Crippen LogP contribution in [0, 0.1) is 0 Å². The van der Waals surface area contributed by atoms with Crippen molar-refractivity contribution in [3.8, 4) is 11.5 Å². The van der Waals surface area contributed by atoms with Gasteiger partial charge in [-0.2, -0.15) is 0 Å². The predicted molar refractivity (Wildman–Crippen MR) is 119 cm³/mol. The van der Waals surface area contributed by atoms with E-state index in [0.29, 0.717) is 33.1 Å². The number of hydrogen-bond acceptors (Lipinski definition) is 5. The third kappa shape index (κ3) is 3.92. The van der Waals surface area contributed by atoms with E-state index in [1.54, 1.807) is 49.5 Å². The zero-order valence-electron chi connectivity index (χ0n) is 16.5. The molecule has 30 heavy (non-hydrogen) atoms. The molecule has 0 unspecified atom stereocenters. The first-order chi connectivity index (χ1) is 14.6. The highest BCUT2D eigenvalue weighted by atomic mass is 32.1. The van der Waals surface area contributed by atoms with Crippen LogP contribution in [0.15, 0.2) is 70.8 Å². The molecule has 6 nitrogen and oxygen atoms in total. The molecule has 4 rings (SSSR count). The molecule has 4 aromatic rings. The molecule has 152 valence electrons. The minimum Gasteiger partial charge on any atom is -0.497 e. The molecule has 2 heterocycles. The summed E-state index contributed by atoms with van der Waals surface area (Å²) in [6.45, 7) is 0.117. The number of hydrogen-bond donors (Lipinski definition) is 1. The Bertz CT molecular complexity index is 1250. The van der Waals surface area contributed by atoms with Crippen LogP contribution < -0.4 is 19.9 Å². The Hall–Kier alpha value is -3.58. The molecule has 2 aromatic heterocycles. The van der Waals surface area contributed by atoms with Crippen LogP contribution in [0.1, 0.15) is 15.2 Å². The molecule has 7 heteroatoms. The standard InChI is InChI=1S/C23H20N2O4S/c1-28-18-6-3-5-17(13-18)25(23(27)21-7-4-10-30-21)14-16-11-15-12-19(29-2)8-9-20(15)24-22(16)26/h3-13H,14H2,1-2H3,(H,24,26). The quantitative estimate of drug-likeness (QED) is 0.500. The number of carbonyl (C=O) groups is 1. The second-order valence-corrected chi connectivity index (χ2v) is 7.59. The summed E-state index contributed by atoms with van der Waals surface area (Å²) in [7, 11) is 3.17. The summed E-state index contributed by atoms with van der Waals surface area (Å²) in [4.78, 5) is 31.1. The van der Waals surface area contributed by atoms with Gasteiger partial charge in [-0.3, -0.25) is 9.59 Å². The number of carbonyl (C=O) groups excluding carboxylic acids is 1. The number of aromatic nitrogens is 1. The summed E-state index contributed by atoms with van der Waals surface area (Å²) in [5.41, 5.74) is 1.60. The van der Waals surface area contributed by atoms with Gasteiger partial charge in [0.15, 0.2) is 0 Å². The summed E-state index contributed by atoms with van der Waals surface area (Å²) >= 11 is 1.36. The predicted octanol–water partition coefficient (Wildman–Crippen LogP) is 4.45. The van der Waals surface area contributed by atoms with E-state index in [4.69, 9.17) is 9.47 Å². The SMILES string of the molecule is COc1cccc(N(Cc2cc3cc(OC)ccc3[nH]c2=O)C(=O)c2cccs2)c1. The number of thiophene rings is 1. The van der Waals surface area contributed by atoms with Crippen molar-refractivity contribution in [1.29, 1.82) is 0 Å². The normalized spacial score (nSPS) is 10.7. The molecule has 0 spiro atoms. The van der Waals surface area contributed by atoms with Gasteiger partial charge in [0.2, 0.25) is 0 Å². The third-order valence-corrected chi connectivity index (χ3v) is 5.66. The maximum atomic E-state index is 13.2. The number of nitrogens with zero attached hydrogens (tertiary/aromatic N) is 1. The lowest BCUT2D eigenvalue weighted by molar-refractivity contribution is 0.0989. The van der Waals surface area contributed by atoms with Gasteiger partial charge in [-0.1, -0.05) is 12.1 Å². The van der Waals surface area contributed by atoms with Gasteiger partial charge in [0, 0.05) is 28.2 Å². The van der Waals surface area contributed by atoms with E-state index >= 15 is 0 Å². The van der Waals surface area contributed by atoms with E-state index in [0.717, 1.165) is 5.39 Å². The van der Waals surface area contributed by atoms with E-state index in [9.17, 15) is 9.59 Å². The second-order valence-electron chi connectivity index (χ2n) is 6.65. The van der Waals surface area contributed by atoms with Crippen molar-refractivity contribution in [3.05, 3.63) is 86.8 Å². The Kier molecular flexibility index (Phi) is 5.54. The van der Waals surface area contributed by atoms with Gasteiger partial charge in [0.25, 0.3) is 11.5 Å². The van der Waals surface area contributed by atoms with Crippen LogP contribution in [0.4, 0.5) is 5.69 Å². The molecule has 0 aliphatic carbocycles. The largest absolute Gasteiger partial charge is 0.497 e. The van der Waals surface area contributed by atoms with Crippen LogP contribution in [0.25, 0.3) is 10.9 Å². The van der Waals surface area contributed by atoms with E-state index in [1.165, 1.54) is 11.3 Å². The zero-order chi connectivity index (χ0) is 21.1. The van der Waals surface area contributed by atoms with Crippen LogP contribution in [0.3, 0.4) is 0 Å². The number of H-pyrrole nitrogens is 1. The first kappa shape index (κ1) is 19.7. The fraction of sp³-hybridized carbons (Fsp3) is 0.130. The average Bonchev–Trinajstić information content (AvgIpc) is 3.32. The Morgan fingerprint density at radius 3 is 2.53 bits per heavy atom. The van der Waals surface area contributed by atoms with Crippen LogP contribution in [0.5, 0.6) is 11.5 Å². The van der Waals surface area contributed by atoms with Crippen molar-refractivity contribution >= 4 is 33.8 Å². The molecule has 2 aromatic carbocycles. The van der Waals surface area contributed by atoms with Gasteiger partial charge in [-0.05, 0) is 47.8 Å². The number of fused-ring (bicyclic) bond motifs is 1. The molecule has 1 N–H and O–H groups in total. The fourth-order valence-corrected chi connectivity index (χ4v) is 3.91. The van der Waals surface area contributed by atoms with Gasteiger partial charge in [-0.25, -0.2) is 0 Å². The topological polar surface area (TPSA) is 71.6 Å². The lowest BCUT2D eigenvalue weighted by atomic mass is 10.1. The monoisotopic (exact) mass is 420 g/mol. The van der Waals surface area contributed by atoms with Gasteiger partial charge in [0.05, 0.1) is 25.6 Å². The summed E-state index contributed by atoms with van der Waals surface area (Å²) in [6.07, 6.45) is 0. The molecule has 0 saturated carbocycles. The highest BCUT2D eigenvalue weighted by molar-refractivity contribution is 7.12. The molecule has 0 aliphatic heterocycles. The molecule has 0 atom stereocenters. The van der Waals surface area contributed by atoms with E-state index < -0.39 is 0 Å². The lowest BCUT2D eigenvalue weighted by Crippen LogP contribution is -2.32. The lowest BCUT2D eigenvalue weighted by Gasteiger charge is -2.23. The van der Waals surface area contributed by atoms with E-state index in [1.807, 2.05) is 35.7 Å². The number of methoxy groups -OCH3 is 2. The maximum absolute atomic E-state index is 13.2. The summed E-state index contributed by atoms with van der Waals surface area (Å²) < 4.78 is 10.6. The smallest absolute Gasteiger partial charge is 0.268 e. The van der Waals surface area contributed by atoms with E-state index in [-0.39, 0.29) is 18.0 Å². The number of pyridine rings is 1. The van der Waals surface area contributed by atoms with Gasteiger partial charge in [0.1, 0.15) is 11.5 Å². The Morgan fingerprint density at radius 2 is 1.80 bits per heavy atom. The van der Waals surface area contributed by atoms with Crippen molar-refractivity contribution < 1.29 is 14.3 Å². The molecule has 0 aliphatic rings. The second kappa shape index (κ2) is 8.42. The van der Waals surface area contributed by atoms with Gasteiger partial charge < -0.3 is 19.4 Å². The maximum Gasteiger partial charge on any atom is 0.268 e. The van der Waals surface area contributed by atoms with Crippen molar-refractivity contribution in [2.45, 2.75) is 6.54 Å². The van der Waals surface area contributed by atoms with Crippen LogP contribution in [-0.4, -0.2) is 25.1 Å². The number of ether oxygens (including phenoxy) is 2. The van der Waals surface area contributed by atoms with Crippen molar-refractivity contribution in [1.82, 2.24) is 4.98 Å². The first-order valence-electron chi connectivity index (χ1n) is 9.28. The van der Waals surface area contributed by atoms with Gasteiger partial charge >= 0.3 is 0 Å². The molecule has 0 fully saturated rings. The summed E-state index contributed by atoms with van der Waals surface area (Å²) in [5.74, 6) is 1.15. The number of amides is 1. The number of rotatable bonds is 6. The minimum absolute atomic E-state index is 0.117. The first-order valence-corrected chi connectivity index (χ1v) is 10.2. The molecule has 0 saturated heterocycles. The Morgan fingerprint density at radius 1 is 1.00 bits per heavy atom. The average molecular weight is 420 g/mol. The Labute approximate surface area is 177 Å². The van der Waals surface area contributed by atoms with Crippen LogP contribution in [-0.2, 0) is 6.54 Å².